The van der Waals surface area contributed by atoms with Crippen LogP contribution in [0.4, 0.5) is 0 Å². The van der Waals surface area contributed by atoms with Crippen LogP contribution in [0.2, 0.25) is 0 Å². The number of likely N-dealkylation sites (N-methyl/N-ethyl adjacent to an activating group) is 2. The van der Waals surface area contributed by atoms with Crippen LogP contribution in [0.1, 0.15) is 25.0 Å². The number of benzene rings is 1. The number of pyridine rings is 1. The molecule has 0 aliphatic carbocycles. The summed E-state index contributed by atoms with van der Waals surface area (Å²) >= 11 is 0. The lowest BCUT2D eigenvalue weighted by atomic mass is 10.0. The van der Waals surface area contributed by atoms with E-state index >= 15 is 0 Å². The van der Waals surface area contributed by atoms with Crippen LogP contribution in [0.15, 0.2) is 47.6 Å². The summed E-state index contributed by atoms with van der Waals surface area (Å²) in [6.45, 7) is 3.92. The Morgan fingerprint density at radius 3 is 2.61 bits per heavy atom. The molecule has 3 atom stereocenters. The van der Waals surface area contributed by atoms with Gasteiger partial charge in [0.25, 0.3) is 0 Å². The number of amides is 1. The zero-order valence-corrected chi connectivity index (χ0v) is 22.2. The van der Waals surface area contributed by atoms with Crippen molar-refractivity contribution in [2.75, 3.05) is 47.4 Å². The Hall–Kier alpha value is -2.97. The Morgan fingerprint density at radius 2 is 1.97 bits per heavy atom. The van der Waals surface area contributed by atoms with Gasteiger partial charge in [0.1, 0.15) is 16.7 Å². The van der Waals surface area contributed by atoms with E-state index in [4.69, 9.17) is 4.74 Å². The van der Waals surface area contributed by atoms with Crippen LogP contribution in [0.5, 0.6) is 5.75 Å². The van der Waals surface area contributed by atoms with Gasteiger partial charge in [-0.1, -0.05) is 18.8 Å². The molecule has 1 aromatic heterocycles. The van der Waals surface area contributed by atoms with E-state index in [-0.39, 0.29) is 48.7 Å². The molecule has 0 bridgehead atoms. The quantitative estimate of drug-likeness (QED) is 0.579. The smallest absolute Gasteiger partial charge is 0.247 e. The molecule has 3 rings (SSSR count). The number of carbonyl (C=O) groups excluding carboxylic acids is 1. The number of aromatic nitrogens is 1. The molecule has 9 nitrogen and oxygen atoms in total. The van der Waals surface area contributed by atoms with Crippen molar-refractivity contribution in [1.82, 2.24) is 19.1 Å². The second-order valence-electron chi connectivity index (χ2n) is 9.41. The maximum atomic E-state index is 13.6. The van der Waals surface area contributed by atoms with E-state index in [0.717, 1.165) is 5.56 Å². The van der Waals surface area contributed by atoms with Crippen molar-refractivity contribution >= 4 is 15.9 Å². The van der Waals surface area contributed by atoms with E-state index in [2.05, 4.69) is 16.8 Å². The van der Waals surface area contributed by atoms with Gasteiger partial charge in [-0.2, -0.15) is 4.31 Å². The number of fused-ring (bicyclic) bond motifs is 1. The van der Waals surface area contributed by atoms with E-state index in [1.165, 1.54) is 10.4 Å². The number of hydrogen-bond acceptors (Lipinski definition) is 7. The van der Waals surface area contributed by atoms with Crippen LogP contribution in [0, 0.1) is 17.8 Å². The van der Waals surface area contributed by atoms with Crippen molar-refractivity contribution in [3.05, 3.63) is 53.9 Å². The largest absolute Gasteiger partial charge is 0.487 e. The fourth-order valence-corrected chi connectivity index (χ4v) is 5.69. The standard InChI is InChI=1S/C26H34N4O5S/c1-19-15-30(20(2)18-31)36(33,34)25-11-10-21(8-9-22-7-6-12-27-14-22)13-23(25)35-24(19)16-29(5)26(32)17-28(3)4/h6-7,10-14,19-20,24,31H,15-18H2,1-5H3/t19-,20+,24+/m0/s1. The molecule has 194 valence electrons. The van der Waals surface area contributed by atoms with Crippen LogP contribution >= 0.6 is 0 Å². The van der Waals surface area contributed by atoms with Gasteiger partial charge in [-0.15, -0.1) is 0 Å². The van der Waals surface area contributed by atoms with Crippen molar-refractivity contribution in [3.8, 4) is 17.6 Å². The first-order chi connectivity index (χ1) is 17.0. The summed E-state index contributed by atoms with van der Waals surface area (Å²) in [6, 6.07) is 7.74. The van der Waals surface area contributed by atoms with Crippen molar-refractivity contribution < 1.29 is 23.1 Å². The Morgan fingerprint density at radius 1 is 1.25 bits per heavy atom. The number of rotatable bonds is 6. The first-order valence-corrected chi connectivity index (χ1v) is 13.2. The van der Waals surface area contributed by atoms with Gasteiger partial charge in [0.05, 0.1) is 19.7 Å². The summed E-state index contributed by atoms with van der Waals surface area (Å²) in [6.07, 6.45) is 2.83. The zero-order chi connectivity index (χ0) is 26.5. The molecule has 0 saturated carbocycles. The number of hydrogen-bond donors (Lipinski definition) is 1. The van der Waals surface area contributed by atoms with Crippen LogP contribution in [-0.2, 0) is 14.8 Å². The van der Waals surface area contributed by atoms with Gasteiger partial charge in [0.15, 0.2) is 0 Å². The Kier molecular flexibility index (Phi) is 9.08. The van der Waals surface area contributed by atoms with Gasteiger partial charge in [-0.25, -0.2) is 8.42 Å². The second kappa shape index (κ2) is 11.8. The summed E-state index contributed by atoms with van der Waals surface area (Å²) in [5.74, 6) is 5.90. The first kappa shape index (κ1) is 27.6. The molecule has 0 radical (unpaired) electrons. The molecule has 0 fully saturated rings. The molecule has 1 N–H and O–H groups in total. The number of aliphatic hydroxyl groups is 1. The maximum absolute atomic E-state index is 13.6. The molecular weight excluding hydrogens is 480 g/mol. The SMILES string of the molecule is C[C@H](CO)N1C[C@H](C)[C@@H](CN(C)C(=O)CN(C)C)Oc2cc(C#Cc3cccnc3)ccc2S1(=O)=O. The maximum Gasteiger partial charge on any atom is 0.247 e. The Bertz CT molecular complexity index is 1220. The molecule has 36 heavy (non-hydrogen) atoms. The number of sulfonamides is 1. The Labute approximate surface area is 213 Å². The predicted molar refractivity (Wildman–Crippen MR) is 137 cm³/mol. The van der Waals surface area contributed by atoms with Crippen molar-refractivity contribution in [1.29, 1.82) is 0 Å². The number of ether oxygens (including phenoxy) is 1. The normalized spacial score (nSPS) is 20.2. The van der Waals surface area contributed by atoms with E-state index in [0.29, 0.717) is 5.56 Å². The minimum absolute atomic E-state index is 0.00824. The molecular formula is C26H34N4O5S. The monoisotopic (exact) mass is 514 g/mol. The molecule has 1 aliphatic rings. The highest BCUT2D eigenvalue weighted by Gasteiger charge is 2.38. The molecule has 0 spiro atoms. The van der Waals surface area contributed by atoms with Crippen molar-refractivity contribution in [2.24, 2.45) is 5.92 Å². The third kappa shape index (κ3) is 6.62. The summed E-state index contributed by atoms with van der Waals surface area (Å²) in [5, 5.41) is 9.79. The molecule has 1 aromatic carbocycles. The van der Waals surface area contributed by atoms with Gasteiger partial charge in [0, 0.05) is 49.1 Å². The first-order valence-electron chi connectivity index (χ1n) is 11.8. The highest BCUT2D eigenvalue weighted by atomic mass is 32.2. The molecule has 0 saturated heterocycles. The van der Waals surface area contributed by atoms with Gasteiger partial charge >= 0.3 is 0 Å². The van der Waals surface area contributed by atoms with E-state index in [1.807, 2.05) is 27.1 Å². The Balaban J connectivity index is 2.03. The average Bonchev–Trinajstić information content (AvgIpc) is 2.84. The lowest BCUT2D eigenvalue weighted by molar-refractivity contribution is -0.132. The van der Waals surface area contributed by atoms with E-state index < -0.39 is 22.2 Å². The third-order valence-electron chi connectivity index (χ3n) is 6.01. The molecule has 2 heterocycles. The number of carbonyl (C=O) groups is 1. The lowest BCUT2D eigenvalue weighted by Crippen LogP contribution is -2.50. The summed E-state index contributed by atoms with van der Waals surface area (Å²) < 4.78 is 34.8. The zero-order valence-electron chi connectivity index (χ0n) is 21.4. The number of nitrogens with zero attached hydrogens (tertiary/aromatic N) is 4. The van der Waals surface area contributed by atoms with Gasteiger partial charge in [0.2, 0.25) is 15.9 Å². The van der Waals surface area contributed by atoms with Crippen molar-refractivity contribution in [3.63, 3.8) is 0 Å². The van der Waals surface area contributed by atoms with Crippen LogP contribution < -0.4 is 4.74 Å². The fraction of sp³-hybridized carbons (Fsp3) is 0.462. The second-order valence-corrected chi connectivity index (χ2v) is 11.3. The topological polar surface area (TPSA) is 103 Å². The summed E-state index contributed by atoms with van der Waals surface area (Å²) in [7, 11) is 1.41. The lowest BCUT2D eigenvalue weighted by Gasteiger charge is -2.37. The van der Waals surface area contributed by atoms with E-state index in [1.54, 1.807) is 54.4 Å². The molecule has 2 aromatic rings. The highest BCUT2D eigenvalue weighted by Crippen LogP contribution is 2.34. The summed E-state index contributed by atoms with van der Waals surface area (Å²) in [4.78, 5) is 20.0. The average molecular weight is 515 g/mol. The fourth-order valence-electron chi connectivity index (χ4n) is 3.87. The van der Waals surface area contributed by atoms with Gasteiger partial charge in [-0.05, 0) is 51.4 Å². The number of aliphatic hydroxyl groups excluding tert-OH is 1. The molecule has 1 amide bonds. The molecule has 0 unspecified atom stereocenters. The van der Waals surface area contributed by atoms with Gasteiger partial charge < -0.3 is 19.6 Å². The highest BCUT2D eigenvalue weighted by molar-refractivity contribution is 7.89. The van der Waals surface area contributed by atoms with Crippen LogP contribution in [0.25, 0.3) is 0 Å². The van der Waals surface area contributed by atoms with Crippen molar-refractivity contribution in [2.45, 2.75) is 30.9 Å². The van der Waals surface area contributed by atoms with E-state index in [9.17, 15) is 18.3 Å². The van der Waals surface area contributed by atoms with Gasteiger partial charge in [-0.3, -0.25) is 9.78 Å². The molecule has 10 heteroatoms. The third-order valence-corrected chi connectivity index (χ3v) is 8.03. The van der Waals surface area contributed by atoms with Crippen LogP contribution in [0.3, 0.4) is 0 Å². The summed E-state index contributed by atoms with van der Waals surface area (Å²) in [5.41, 5.74) is 1.31. The van der Waals surface area contributed by atoms with Crippen LogP contribution in [-0.4, -0.2) is 98.1 Å². The predicted octanol–water partition coefficient (Wildman–Crippen LogP) is 1.27. The minimum atomic E-state index is -3.95. The minimum Gasteiger partial charge on any atom is -0.487 e. The molecule has 1 aliphatic heterocycles.